The van der Waals surface area contributed by atoms with Gasteiger partial charge in [-0.15, -0.1) is 0 Å². The van der Waals surface area contributed by atoms with Gasteiger partial charge in [0.25, 0.3) is 0 Å². The van der Waals surface area contributed by atoms with Gasteiger partial charge in [0, 0.05) is 23.7 Å². The van der Waals surface area contributed by atoms with Gasteiger partial charge in [0.05, 0.1) is 0 Å². The molecule has 0 aliphatic heterocycles. The van der Waals surface area contributed by atoms with Gasteiger partial charge in [-0.25, -0.2) is 19.6 Å². The topological polar surface area (TPSA) is 106 Å². The summed E-state index contributed by atoms with van der Waals surface area (Å²) in [5.74, 6) is -1.18. The number of hydrogen-bond acceptors (Lipinski definition) is 6. The summed E-state index contributed by atoms with van der Waals surface area (Å²) in [6.07, 6.45) is 13.7. The predicted octanol–water partition coefficient (Wildman–Crippen LogP) is 7.70. The summed E-state index contributed by atoms with van der Waals surface area (Å²) in [6, 6.07) is 0. The van der Waals surface area contributed by atoms with E-state index in [0.717, 1.165) is 32.1 Å². The van der Waals surface area contributed by atoms with E-state index in [4.69, 9.17) is 4.74 Å². The molecule has 0 aromatic carbocycles. The van der Waals surface area contributed by atoms with E-state index in [1.54, 1.807) is 0 Å². The molecular formula is C36H50N2O5. The van der Waals surface area contributed by atoms with Gasteiger partial charge in [-0.3, -0.25) is 4.79 Å². The lowest BCUT2D eigenvalue weighted by Gasteiger charge is -2.70. The van der Waals surface area contributed by atoms with Crippen LogP contribution in [0.4, 0.5) is 0 Å². The molecule has 1 heterocycles. The fourth-order valence-electron chi connectivity index (χ4n) is 11.4. The third-order valence-corrected chi connectivity index (χ3v) is 14.1. The number of carbonyl (C=O) groups excluding carboxylic acids is 2. The van der Waals surface area contributed by atoms with Crippen LogP contribution in [-0.2, 0) is 9.53 Å². The summed E-state index contributed by atoms with van der Waals surface area (Å²) >= 11 is 0. The van der Waals surface area contributed by atoms with Gasteiger partial charge in [0.2, 0.25) is 0 Å². The molecule has 8 atom stereocenters. The number of carbonyl (C=O) groups is 3. The second kappa shape index (κ2) is 9.47. The van der Waals surface area contributed by atoms with Crippen molar-refractivity contribution in [2.24, 2.45) is 50.2 Å². The monoisotopic (exact) mass is 590 g/mol. The number of carboxylic acid groups (broad SMARTS) is 1. The minimum absolute atomic E-state index is 0.0101. The van der Waals surface area contributed by atoms with Crippen molar-refractivity contribution in [3.05, 3.63) is 35.4 Å². The molecule has 6 rings (SSSR count). The molecule has 1 aromatic heterocycles. The van der Waals surface area contributed by atoms with Crippen LogP contribution in [0.25, 0.3) is 0 Å². The Balaban J connectivity index is 1.33. The number of ketones is 1. The van der Waals surface area contributed by atoms with Crippen LogP contribution in [0.5, 0.6) is 0 Å². The van der Waals surface area contributed by atoms with E-state index >= 15 is 0 Å². The van der Waals surface area contributed by atoms with E-state index in [-0.39, 0.29) is 39.2 Å². The third-order valence-electron chi connectivity index (χ3n) is 14.1. The third kappa shape index (κ3) is 4.22. The zero-order valence-corrected chi connectivity index (χ0v) is 27.4. The first-order valence-electron chi connectivity index (χ1n) is 16.4. The number of hydrogen-bond donors (Lipinski definition) is 1. The Hall–Kier alpha value is -2.57. The predicted molar refractivity (Wildman–Crippen MR) is 163 cm³/mol. The maximum atomic E-state index is 14.6. The van der Waals surface area contributed by atoms with Crippen LogP contribution in [0.2, 0.25) is 0 Å². The van der Waals surface area contributed by atoms with Crippen molar-refractivity contribution < 1.29 is 24.2 Å². The summed E-state index contributed by atoms with van der Waals surface area (Å²) < 4.78 is 6.06. The Bertz CT molecular complexity index is 1410. The number of aromatic nitrogens is 2. The summed E-state index contributed by atoms with van der Waals surface area (Å²) in [5, 5.41) is 9.53. The van der Waals surface area contributed by atoms with Crippen LogP contribution in [0.1, 0.15) is 134 Å². The molecule has 7 nitrogen and oxygen atoms in total. The van der Waals surface area contributed by atoms with Crippen LogP contribution in [0.15, 0.2) is 24.0 Å². The number of fused-ring (bicyclic) bond motifs is 7. The van der Waals surface area contributed by atoms with Crippen LogP contribution in [0, 0.1) is 50.2 Å². The van der Waals surface area contributed by atoms with E-state index in [9.17, 15) is 19.5 Å². The van der Waals surface area contributed by atoms with Gasteiger partial charge in [-0.05, 0) is 103 Å². The van der Waals surface area contributed by atoms with Crippen molar-refractivity contribution in [2.45, 2.75) is 119 Å². The Kier molecular flexibility index (Phi) is 6.71. The largest absolute Gasteiger partial charge is 0.476 e. The second-order valence-corrected chi connectivity index (χ2v) is 17.2. The molecule has 7 heteroatoms. The van der Waals surface area contributed by atoms with Crippen LogP contribution in [0.3, 0.4) is 0 Å². The molecule has 0 radical (unpaired) electrons. The van der Waals surface area contributed by atoms with Crippen molar-refractivity contribution in [1.29, 1.82) is 0 Å². The lowest BCUT2D eigenvalue weighted by Crippen LogP contribution is -2.66. The maximum absolute atomic E-state index is 14.6. The molecular weight excluding hydrogens is 540 g/mol. The van der Waals surface area contributed by atoms with E-state index < -0.39 is 29.2 Å². The molecule has 0 spiro atoms. The number of allylic oxidation sites excluding steroid dienone is 2. The van der Waals surface area contributed by atoms with Crippen LogP contribution in [-0.4, -0.2) is 38.9 Å². The molecule has 0 amide bonds. The molecule has 43 heavy (non-hydrogen) atoms. The quantitative estimate of drug-likeness (QED) is 0.360. The fourth-order valence-corrected chi connectivity index (χ4v) is 11.4. The first-order chi connectivity index (χ1) is 19.9. The van der Waals surface area contributed by atoms with E-state index in [1.165, 1.54) is 37.2 Å². The summed E-state index contributed by atoms with van der Waals surface area (Å²) in [7, 11) is 0. The molecule has 4 saturated carbocycles. The highest BCUT2D eigenvalue weighted by Crippen LogP contribution is 2.75. The number of carboxylic acids is 1. The molecule has 0 bridgehead atoms. The standard InChI is InChI=1S/C36H50N2O5/c1-31(2)13-14-33(5)15-16-35(7)21(22(33)20-31)19-23(39)28-34(6)11-10-25(32(3,4)24(34)9-12-36(28,35)8)43-30(42)27-26(29(40)41)37-17-18-38-27/h17-19,22,24-25,28H,9-16,20H2,1-8H3,(H,40,41)/t22-,24?,25-,28?,33+,34-,35?,36+/m0/s1. The highest BCUT2D eigenvalue weighted by Gasteiger charge is 2.70. The van der Waals surface area contributed by atoms with Gasteiger partial charge >= 0.3 is 11.9 Å². The van der Waals surface area contributed by atoms with Crippen molar-refractivity contribution in [3.8, 4) is 0 Å². The summed E-state index contributed by atoms with van der Waals surface area (Å²) in [4.78, 5) is 47.3. The molecule has 1 aromatic rings. The molecule has 5 aliphatic rings. The molecule has 234 valence electrons. The normalized spacial score (nSPS) is 42.8. The number of aromatic carboxylic acids is 1. The van der Waals surface area contributed by atoms with Gasteiger partial charge in [0.15, 0.2) is 17.2 Å². The molecule has 4 fully saturated rings. The minimum Gasteiger partial charge on any atom is -0.476 e. The Morgan fingerprint density at radius 2 is 1.51 bits per heavy atom. The van der Waals surface area contributed by atoms with Gasteiger partial charge in [-0.2, -0.15) is 0 Å². The Labute approximate surface area is 256 Å². The second-order valence-electron chi connectivity index (χ2n) is 17.2. The van der Waals surface area contributed by atoms with Gasteiger partial charge in [0.1, 0.15) is 6.10 Å². The van der Waals surface area contributed by atoms with Crippen molar-refractivity contribution in [3.63, 3.8) is 0 Å². The summed E-state index contributed by atoms with van der Waals surface area (Å²) in [6.45, 7) is 18.9. The Morgan fingerprint density at radius 1 is 0.860 bits per heavy atom. The number of nitrogens with zero attached hydrogens (tertiary/aromatic N) is 2. The van der Waals surface area contributed by atoms with Crippen molar-refractivity contribution >= 4 is 17.7 Å². The first-order valence-corrected chi connectivity index (χ1v) is 16.4. The smallest absolute Gasteiger partial charge is 0.359 e. The summed E-state index contributed by atoms with van der Waals surface area (Å²) in [5.41, 5.74) is 0.586. The number of esters is 1. The number of rotatable bonds is 3. The highest BCUT2D eigenvalue weighted by molar-refractivity contribution is 5.99. The maximum Gasteiger partial charge on any atom is 0.359 e. The lowest BCUT2D eigenvalue weighted by atomic mass is 9.33. The molecule has 0 saturated heterocycles. The van der Waals surface area contributed by atoms with Gasteiger partial charge in [-0.1, -0.05) is 61.0 Å². The number of ether oxygens (including phenoxy) is 1. The van der Waals surface area contributed by atoms with E-state index in [0.29, 0.717) is 23.5 Å². The molecule has 5 aliphatic carbocycles. The SMILES string of the molecule is CC1(C)CC[C@]2(C)CCC3(C)C(=CC(=O)C4[C@@]5(C)CC[C@H](OC(=O)c6nccnc6C(=O)O)C(C)(C)C5CC[C@]43C)[C@@H]2C1. The van der Waals surface area contributed by atoms with Crippen molar-refractivity contribution in [2.75, 3.05) is 0 Å². The van der Waals surface area contributed by atoms with Crippen molar-refractivity contribution in [1.82, 2.24) is 9.97 Å². The average Bonchev–Trinajstić information content (AvgIpc) is 2.92. The van der Waals surface area contributed by atoms with Crippen LogP contribution >= 0.6 is 0 Å². The van der Waals surface area contributed by atoms with Gasteiger partial charge < -0.3 is 9.84 Å². The Morgan fingerprint density at radius 3 is 2.19 bits per heavy atom. The lowest BCUT2D eigenvalue weighted by molar-refractivity contribution is -0.202. The highest BCUT2D eigenvalue weighted by atomic mass is 16.5. The zero-order chi connectivity index (χ0) is 31.4. The molecule has 1 N–H and O–H groups in total. The minimum atomic E-state index is -1.31. The molecule has 3 unspecified atom stereocenters. The van der Waals surface area contributed by atoms with E-state index in [2.05, 4.69) is 71.4 Å². The van der Waals surface area contributed by atoms with E-state index in [1.807, 2.05) is 0 Å². The fraction of sp³-hybridized carbons (Fsp3) is 0.750. The van der Waals surface area contributed by atoms with Crippen LogP contribution < -0.4 is 0 Å². The average molecular weight is 591 g/mol. The first kappa shape index (κ1) is 30.5. The zero-order valence-electron chi connectivity index (χ0n) is 27.4.